The fourth-order valence-electron chi connectivity index (χ4n) is 0.641. The Hall–Kier alpha value is -1.38. The zero-order chi connectivity index (χ0) is 8.10. The van der Waals surface area contributed by atoms with Crippen molar-refractivity contribution in [3.05, 3.63) is 29.2 Å². The number of isothiocyanates is 1. The van der Waals surface area contributed by atoms with Gasteiger partial charge in [-0.25, -0.2) is 0 Å². The van der Waals surface area contributed by atoms with Gasteiger partial charge in [0.15, 0.2) is 0 Å². The monoisotopic (exact) mass is 164 g/mol. The number of hydrogen-bond acceptors (Lipinski definition) is 4. The number of benzene rings is 1. The largest absolute Gasteiger partial charge is 0.195 e. The molecule has 0 unspecified atom stereocenters. The second-order valence-electron chi connectivity index (χ2n) is 1.81. The predicted molar refractivity (Wildman–Crippen MR) is 46.6 cm³/mol. The van der Waals surface area contributed by atoms with E-state index in [1.807, 2.05) is 0 Å². The molecule has 11 heavy (non-hydrogen) atoms. The van der Waals surface area contributed by atoms with Gasteiger partial charge < -0.3 is 0 Å². The first-order chi connectivity index (χ1) is 5.36. The molecule has 0 aliphatic rings. The molecule has 54 valence electrons. The molecule has 4 heteroatoms. The maximum Gasteiger partial charge on any atom is 0.108 e. The zero-order valence-corrected chi connectivity index (χ0v) is 6.34. The minimum atomic E-state index is 0.383. The number of aliphatic imine (C=N–C) groups is 1. The molecule has 1 aromatic carbocycles. The number of thiocarbonyl (C=S) groups is 1. The lowest BCUT2D eigenvalue weighted by atomic mass is 10.3. The molecule has 0 aliphatic heterocycles. The van der Waals surface area contributed by atoms with Crippen LogP contribution in [0.15, 0.2) is 34.4 Å². The van der Waals surface area contributed by atoms with E-state index in [0.29, 0.717) is 11.4 Å². The number of nitrogens with zero attached hydrogens (tertiary/aromatic N) is 2. The van der Waals surface area contributed by atoms with Gasteiger partial charge in [0.2, 0.25) is 0 Å². The summed E-state index contributed by atoms with van der Waals surface area (Å²) in [5.74, 6) is 0. The highest BCUT2D eigenvalue weighted by Gasteiger charge is 1.89. The van der Waals surface area contributed by atoms with Crippen molar-refractivity contribution in [3.8, 4) is 0 Å². The fourth-order valence-corrected chi connectivity index (χ4v) is 0.746. The third-order valence-corrected chi connectivity index (χ3v) is 1.22. The van der Waals surface area contributed by atoms with Gasteiger partial charge >= 0.3 is 0 Å². The standard InChI is InChI=1S/C7H4N2OS/c10-9-7-3-1-6(2-4-7)8-5-11/h1-4H. The summed E-state index contributed by atoms with van der Waals surface area (Å²) in [6.45, 7) is 0. The van der Waals surface area contributed by atoms with Crippen molar-refractivity contribution in [3.63, 3.8) is 0 Å². The van der Waals surface area contributed by atoms with Crippen LogP contribution in [0.25, 0.3) is 0 Å². The van der Waals surface area contributed by atoms with E-state index in [9.17, 15) is 4.91 Å². The normalized spacial score (nSPS) is 8.36. The van der Waals surface area contributed by atoms with Crippen LogP contribution < -0.4 is 0 Å². The first-order valence-corrected chi connectivity index (χ1v) is 3.29. The smallest absolute Gasteiger partial charge is 0.108 e. The van der Waals surface area contributed by atoms with Gasteiger partial charge in [-0.2, -0.15) is 4.99 Å². The van der Waals surface area contributed by atoms with Crippen LogP contribution in [0.1, 0.15) is 0 Å². The fraction of sp³-hybridized carbons (Fsp3) is 0. The minimum Gasteiger partial charge on any atom is -0.195 e. The second kappa shape index (κ2) is 3.71. The Balaban J connectivity index is 2.99. The third-order valence-electron chi connectivity index (χ3n) is 1.13. The average molecular weight is 164 g/mol. The number of hydrogen-bond donors (Lipinski definition) is 0. The maximum absolute atomic E-state index is 9.96. The van der Waals surface area contributed by atoms with Crippen molar-refractivity contribution in [1.29, 1.82) is 0 Å². The van der Waals surface area contributed by atoms with Crippen LogP contribution in [0.2, 0.25) is 0 Å². The molecule has 1 aromatic rings. The molecule has 0 bridgehead atoms. The maximum atomic E-state index is 9.96. The Morgan fingerprint density at radius 2 is 1.73 bits per heavy atom. The molecule has 0 aromatic heterocycles. The van der Waals surface area contributed by atoms with E-state index in [4.69, 9.17) is 0 Å². The molecule has 0 atom stereocenters. The van der Waals surface area contributed by atoms with Crippen molar-refractivity contribution >= 4 is 28.8 Å². The number of rotatable bonds is 2. The van der Waals surface area contributed by atoms with E-state index in [0.717, 1.165) is 0 Å². The third kappa shape index (κ3) is 2.04. The molecule has 0 spiro atoms. The number of nitroso groups, excluding NO2 is 1. The van der Waals surface area contributed by atoms with E-state index in [1.54, 1.807) is 24.3 Å². The van der Waals surface area contributed by atoms with Gasteiger partial charge in [0.05, 0.1) is 10.8 Å². The second-order valence-corrected chi connectivity index (χ2v) is 1.99. The molecule has 0 fully saturated rings. The van der Waals surface area contributed by atoms with Crippen LogP contribution in [-0.2, 0) is 0 Å². The Morgan fingerprint density at radius 3 is 2.18 bits per heavy atom. The summed E-state index contributed by atoms with van der Waals surface area (Å²) >= 11 is 4.39. The van der Waals surface area contributed by atoms with Crippen LogP contribution in [0.3, 0.4) is 0 Å². The Kier molecular flexibility index (Phi) is 2.60. The molecular weight excluding hydrogens is 160 g/mol. The van der Waals surface area contributed by atoms with E-state index in [1.165, 1.54) is 0 Å². The Labute approximate surface area is 68.7 Å². The Bertz CT molecular complexity index is 301. The molecule has 0 heterocycles. The van der Waals surface area contributed by atoms with E-state index >= 15 is 0 Å². The minimum absolute atomic E-state index is 0.383. The lowest BCUT2D eigenvalue weighted by Crippen LogP contribution is -1.62. The van der Waals surface area contributed by atoms with Gasteiger partial charge in [-0.15, -0.1) is 4.91 Å². The van der Waals surface area contributed by atoms with Gasteiger partial charge in [-0.3, -0.25) is 0 Å². The summed E-state index contributed by atoms with van der Waals surface area (Å²) in [6, 6.07) is 6.43. The molecule has 1 rings (SSSR count). The average Bonchev–Trinajstić information content (AvgIpc) is 2.07. The van der Waals surface area contributed by atoms with E-state index in [2.05, 4.69) is 27.5 Å². The zero-order valence-electron chi connectivity index (χ0n) is 5.52. The van der Waals surface area contributed by atoms with E-state index < -0.39 is 0 Å². The molecule has 0 radical (unpaired) electrons. The van der Waals surface area contributed by atoms with Gasteiger partial charge in [-0.05, 0) is 41.7 Å². The van der Waals surface area contributed by atoms with Crippen molar-refractivity contribution in [1.82, 2.24) is 0 Å². The lowest BCUT2D eigenvalue weighted by Gasteiger charge is -1.88. The lowest BCUT2D eigenvalue weighted by molar-refractivity contribution is 1.47. The molecule has 0 saturated carbocycles. The van der Waals surface area contributed by atoms with Crippen LogP contribution >= 0.6 is 12.2 Å². The first-order valence-electron chi connectivity index (χ1n) is 2.88. The van der Waals surface area contributed by atoms with Crippen LogP contribution in [0, 0.1) is 4.91 Å². The van der Waals surface area contributed by atoms with Crippen LogP contribution in [-0.4, -0.2) is 5.16 Å². The first kappa shape index (κ1) is 7.72. The van der Waals surface area contributed by atoms with Crippen LogP contribution in [0.4, 0.5) is 11.4 Å². The van der Waals surface area contributed by atoms with Crippen molar-refractivity contribution in [2.45, 2.75) is 0 Å². The highest BCUT2D eigenvalue weighted by Crippen LogP contribution is 2.17. The molecular formula is C7H4N2OS. The van der Waals surface area contributed by atoms with Crippen molar-refractivity contribution in [2.24, 2.45) is 10.2 Å². The topological polar surface area (TPSA) is 41.8 Å². The van der Waals surface area contributed by atoms with Crippen LogP contribution in [0.5, 0.6) is 0 Å². The molecule has 0 N–H and O–H groups in total. The SMILES string of the molecule is O=Nc1ccc(N=C=S)cc1. The van der Waals surface area contributed by atoms with Gasteiger partial charge in [0.1, 0.15) is 5.69 Å². The highest BCUT2D eigenvalue weighted by atomic mass is 32.1. The summed E-state index contributed by atoms with van der Waals surface area (Å²) in [6.07, 6.45) is 0. The van der Waals surface area contributed by atoms with Gasteiger partial charge in [0, 0.05) is 0 Å². The summed E-state index contributed by atoms with van der Waals surface area (Å²) in [7, 11) is 0. The van der Waals surface area contributed by atoms with E-state index in [-0.39, 0.29) is 0 Å². The summed E-state index contributed by atoms with van der Waals surface area (Å²) < 4.78 is 0. The Morgan fingerprint density at radius 1 is 1.18 bits per heavy atom. The van der Waals surface area contributed by atoms with Gasteiger partial charge in [0.25, 0.3) is 0 Å². The van der Waals surface area contributed by atoms with Gasteiger partial charge in [-0.1, -0.05) is 0 Å². The molecule has 0 amide bonds. The summed E-state index contributed by atoms with van der Waals surface area (Å²) in [5, 5.41) is 4.95. The van der Waals surface area contributed by atoms with Crippen molar-refractivity contribution in [2.75, 3.05) is 0 Å². The quantitative estimate of drug-likeness (QED) is 0.383. The molecule has 0 saturated heterocycles. The molecule has 0 aliphatic carbocycles. The highest BCUT2D eigenvalue weighted by molar-refractivity contribution is 7.78. The summed E-state index contributed by atoms with van der Waals surface area (Å²) in [5.41, 5.74) is 1.06. The summed E-state index contributed by atoms with van der Waals surface area (Å²) in [4.78, 5) is 13.7. The predicted octanol–water partition coefficient (Wildman–Crippen LogP) is 2.82. The van der Waals surface area contributed by atoms with Crippen molar-refractivity contribution < 1.29 is 0 Å². The molecule has 3 nitrogen and oxygen atoms in total.